The van der Waals surface area contributed by atoms with E-state index in [-0.39, 0.29) is 17.9 Å². The zero-order valence-corrected chi connectivity index (χ0v) is 16.7. The molecule has 148 valence electrons. The number of carbonyl (C=O) groups is 2. The second-order valence-electron chi connectivity index (χ2n) is 6.92. The molecule has 1 aliphatic heterocycles. The summed E-state index contributed by atoms with van der Waals surface area (Å²) in [7, 11) is 3.21. The van der Waals surface area contributed by atoms with Gasteiger partial charge in [0.2, 0.25) is 5.91 Å². The van der Waals surface area contributed by atoms with Gasteiger partial charge in [-0.15, -0.1) is 0 Å². The first kappa shape index (κ1) is 19.7. The summed E-state index contributed by atoms with van der Waals surface area (Å²) >= 11 is 0. The second-order valence-corrected chi connectivity index (χ2v) is 6.92. The number of methoxy groups -OCH3 is 2. The van der Waals surface area contributed by atoms with Crippen LogP contribution in [0.1, 0.15) is 41.4 Å². The molecule has 0 aromatic heterocycles. The topological polar surface area (TPSA) is 67.9 Å². The van der Waals surface area contributed by atoms with Gasteiger partial charge in [-0.1, -0.05) is 18.2 Å². The fourth-order valence-corrected chi connectivity index (χ4v) is 3.63. The van der Waals surface area contributed by atoms with Crippen LogP contribution in [0.15, 0.2) is 42.5 Å². The Balaban J connectivity index is 1.75. The predicted octanol–water partition coefficient (Wildman–Crippen LogP) is 2.97. The monoisotopic (exact) mass is 382 g/mol. The van der Waals surface area contributed by atoms with E-state index in [9.17, 15) is 9.59 Å². The summed E-state index contributed by atoms with van der Waals surface area (Å²) in [5.74, 6) is 0.986. The SMILES string of the molecule is COc1cc2c(cc1OC)[C@@H](C)N(C(=O)[C@H](C)NC(=O)c1ccccc1)CC2. The fourth-order valence-electron chi connectivity index (χ4n) is 3.63. The largest absolute Gasteiger partial charge is 0.493 e. The smallest absolute Gasteiger partial charge is 0.251 e. The van der Waals surface area contributed by atoms with Crippen LogP contribution in [-0.4, -0.2) is 43.5 Å². The average molecular weight is 382 g/mol. The molecule has 0 bridgehead atoms. The Morgan fingerprint density at radius 2 is 1.75 bits per heavy atom. The maximum absolute atomic E-state index is 13.0. The third-order valence-corrected chi connectivity index (χ3v) is 5.22. The van der Waals surface area contributed by atoms with Crippen molar-refractivity contribution in [3.63, 3.8) is 0 Å². The summed E-state index contributed by atoms with van der Waals surface area (Å²) in [6, 6.07) is 12.1. The molecule has 1 N–H and O–H groups in total. The lowest BCUT2D eigenvalue weighted by Crippen LogP contribution is -2.49. The first-order chi connectivity index (χ1) is 13.5. The van der Waals surface area contributed by atoms with Gasteiger partial charge in [0.25, 0.3) is 5.91 Å². The molecule has 0 saturated heterocycles. The molecule has 2 aromatic carbocycles. The van der Waals surface area contributed by atoms with Crippen molar-refractivity contribution in [1.82, 2.24) is 10.2 Å². The number of nitrogens with zero attached hydrogens (tertiary/aromatic N) is 1. The van der Waals surface area contributed by atoms with Crippen LogP contribution in [0, 0.1) is 0 Å². The van der Waals surface area contributed by atoms with Gasteiger partial charge in [-0.2, -0.15) is 0 Å². The van der Waals surface area contributed by atoms with E-state index in [1.54, 1.807) is 45.4 Å². The normalized spacial score (nSPS) is 16.7. The van der Waals surface area contributed by atoms with Crippen LogP contribution in [0.2, 0.25) is 0 Å². The fraction of sp³-hybridized carbons (Fsp3) is 0.364. The summed E-state index contributed by atoms with van der Waals surface area (Å²) in [4.78, 5) is 27.2. The van der Waals surface area contributed by atoms with Crippen LogP contribution in [0.4, 0.5) is 0 Å². The van der Waals surface area contributed by atoms with Crippen LogP contribution in [0.25, 0.3) is 0 Å². The van der Waals surface area contributed by atoms with Gasteiger partial charge in [-0.3, -0.25) is 9.59 Å². The number of nitrogens with one attached hydrogen (secondary N) is 1. The molecule has 0 fully saturated rings. The number of ether oxygens (including phenoxy) is 2. The standard InChI is InChI=1S/C22H26N2O4/c1-14(23-21(25)16-8-6-5-7-9-16)22(26)24-11-10-17-12-19(27-3)20(28-4)13-18(17)15(24)2/h5-9,12-15H,10-11H2,1-4H3,(H,23,25)/t14-,15+/m0/s1. The molecule has 0 radical (unpaired) electrons. The highest BCUT2D eigenvalue weighted by atomic mass is 16.5. The molecular weight excluding hydrogens is 356 g/mol. The van der Waals surface area contributed by atoms with E-state index in [1.165, 1.54) is 0 Å². The third kappa shape index (κ3) is 3.81. The maximum Gasteiger partial charge on any atom is 0.251 e. The second kappa shape index (κ2) is 8.33. The minimum atomic E-state index is -0.614. The number of hydrogen-bond donors (Lipinski definition) is 1. The van der Waals surface area contributed by atoms with Crippen molar-refractivity contribution in [2.75, 3.05) is 20.8 Å². The van der Waals surface area contributed by atoms with Crippen LogP contribution in [0.5, 0.6) is 11.5 Å². The van der Waals surface area contributed by atoms with Gasteiger partial charge in [0.1, 0.15) is 6.04 Å². The molecule has 0 unspecified atom stereocenters. The Kier molecular flexibility index (Phi) is 5.87. The highest BCUT2D eigenvalue weighted by Crippen LogP contribution is 2.38. The number of fused-ring (bicyclic) bond motifs is 1. The maximum atomic E-state index is 13.0. The van der Waals surface area contributed by atoms with Gasteiger partial charge in [-0.05, 0) is 55.7 Å². The first-order valence-corrected chi connectivity index (χ1v) is 9.37. The van der Waals surface area contributed by atoms with Crippen molar-refractivity contribution in [2.24, 2.45) is 0 Å². The van der Waals surface area contributed by atoms with Crippen LogP contribution in [-0.2, 0) is 11.2 Å². The zero-order valence-electron chi connectivity index (χ0n) is 16.7. The highest BCUT2D eigenvalue weighted by Gasteiger charge is 2.32. The van der Waals surface area contributed by atoms with Gasteiger partial charge in [0, 0.05) is 12.1 Å². The van der Waals surface area contributed by atoms with Crippen molar-refractivity contribution in [3.05, 3.63) is 59.2 Å². The van der Waals surface area contributed by atoms with Gasteiger partial charge in [-0.25, -0.2) is 0 Å². The summed E-state index contributed by atoms with van der Waals surface area (Å²) in [6.45, 7) is 4.31. The summed E-state index contributed by atoms with van der Waals surface area (Å²) in [5, 5.41) is 2.80. The lowest BCUT2D eigenvalue weighted by Gasteiger charge is -2.37. The van der Waals surface area contributed by atoms with Crippen molar-refractivity contribution in [1.29, 1.82) is 0 Å². The molecule has 28 heavy (non-hydrogen) atoms. The summed E-state index contributed by atoms with van der Waals surface area (Å²) < 4.78 is 10.8. The predicted molar refractivity (Wildman–Crippen MR) is 107 cm³/mol. The van der Waals surface area contributed by atoms with E-state index < -0.39 is 6.04 Å². The molecule has 1 aliphatic rings. The number of amides is 2. The van der Waals surface area contributed by atoms with Crippen molar-refractivity contribution in [2.45, 2.75) is 32.4 Å². The Labute approximate surface area is 165 Å². The van der Waals surface area contributed by atoms with Crippen molar-refractivity contribution >= 4 is 11.8 Å². The Bertz CT molecular complexity index is 866. The Morgan fingerprint density at radius 3 is 2.39 bits per heavy atom. The minimum absolute atomic E-state index is 0.0998. The van der Waals surface area contributed by atoms with Crippen molar-refractivity contribution in [3.8, 4) is 11.5 Å². The lowest BCUT2D eigenvalue weighted by molar-refractivity contribution is -0.135. The summed E-state index contributed by atoms with van der Waals surface area (Å²) in [5.41, 5.74) is 2.73. The van der Waals surface area contributed by atoms with Crippen LogP contribution in [0.3, 0.4) is 0 Å². The lowest BCUT2D eigenvalue weighted by atomic mass is 9.92. The molecule has 1 heterocycles. The molecule has 0 saturated carbocycles. The van der Waals surface area contributed by atoms with Crippen LogP contribution < -0.4 is 14.8 Å². The van der Waals surface area contributed by atoms with E-state index in [0.29, 0.717) is 23.6 Å². The Morgan fingerprint density at radius 1 is 1.11 bits per heavy atom. The van der Waals surface area contributed by atoms with E-state index in [1.807, 2.05) is 30.0 Å². The van der Waals surface area contributed by atoms with Gasteiger partial charge >= 0.3 is 0 Å². The quantitative estimate of drug-likeness (QED) is 0.863. The van der Waals surface area contributed by atoms with Gasteiger partial charge in [0.05, 0.1) is 20.3 Å². The van der Waals surface area contributed by atoms with Crippen molar-refractivity contribution < 1.29 is 19.1 Å². The van der Waals surface area contributed by atoms with E-state index in [4.69, 9.17) is 9.47 Å². The molecular formula is C22H26N2O4. The van der Waals surface area contributed by atoms with Crippen LogP contribution >= 0.6 is 0 Å². The summed E-state index contributed by atoms with van der Waals surface area (Å²) in [6.07, 6.45) is 0.727. The number of rotatable bonds is 5. The molecule has 0 spiro atoms. The van der Waals surface area contributed by atoms with E-state index >= 15 is 0 Å². The zero-order chi connectivity index (χ0) is 20.3. The molecule has 6 nitrogen and oxygen atoms in total. The first-order valence-electron chi connectivity index (χ1n) is 9.37. The number of hydrogen-bond acceptors (Lipinski definition) is 4. The molecule has 3 rings (SSSR count). The van der Waals surface area contributed by atoms with E-state index in [2.05, 4.69) is 5.32 Å². The molecule has 0 aliphatic carbocycles. The van der Waals surface area contributed by atoms with Gasteiger partial charge in [0.15, 0.2) is 11.5 Å². The number of benzene rings is 2. The highest BCUT2D eigenvalue weighted by molar-refractivity contribution is 5.97. The number of carbonyl (C=O) groups excluding carboxylic acids is 2. The molecule has 6 heteroatoms. The molecule has 2 aromatic rings. The third-order valence-electron chi connectivity index (χ3n) is 5.22. The van der Waals surface area contributed by atoms with E-state index in [0.717, 1.165) is 17.5 Å². The minimum Gasteiger partial charge on any atom is -0.493 e. The van der Waals surface area contributed by atoms with Gasteiger partial charge < -0.3 is 19.7 Å². The average Bonchev–Trinajstić information content (AvgIpc) is 2.73. The molecule has 2 atom stereocenters. The molecule has 2 amide bonds. The Hall–Kier alpha value is -3.02.